The van der Waals surface area contributed by atoms with Gasteiger partial charge in [-0.15, -0.1) is 24.0 Å². The van der Waals surface area contributed by atoms with Gasteiger partial charge in [0.1, 0.15) is 0 Å². The second kappa shape index (κ2) is 11.2. The normalized spacial score (nSPS) is 17.4. The van der Waals surface area contributed by atoms with E-state index in [1.807, 2.05) is 13.8 Å². The molecule has 0 saturated carbocycles. The molecule has 1 heterocycles. The van der Waals surface area contributed by atoms with E-state index < -0.39 is 15.5 Å². The van der Waals surface area contributed by atoms with Crippen molar-refractivity contribution >= 4 is 45.9 Å². The summed E-state index contributed by atoms with van der Waals surface area (Å²) >= 11 is 0. The molecule has 160 valence electrons. The molecule has 8 nitrogen and oxygen atoms in total. The number of piperidine rings is 1. The Morgan fingerprint density at radius 1 is 1.26 bits per heavy atom. The van der Waals surface area contributed by atoms with Gasteiger partial charge < -0.3 is 16.0 Å². The summed E-state index contributed by atoms with van der Waals surface area (Å²) in [6.07, 6.45) is 0.703. The molecule has 0 atom stereocenters. The zero-order chi connectivity index (χ0) is 20.0. The van der Waals surface area contributed by atoms with Gasteiger partial charge in [-0.2, -0.15) is 17.5 Å². The number of nitrogens with zero attached hydrogens (tertiary/aromatic N) is 2. The van der Waals surface area contributed by atoms with Crippen molar-refractivity contribution < 1.29 is 26.4 Å². The van der Waals surface area contributed by atoms with Gasteiger partial charge >= 0.3 is 15.5 Å². The number of nitrogens with one attached hydrogen (secondary N) is 3. The van der Waals surface area contributed by atoms with Crippen molar-refractivity contribution in [2.24, 2.45) is 4.99 Å². The van der Waals surface area contributed by atoms with Crippen molar-refractivity contribution in [1.82, 2.24) is 20.3 Å². The highest BCUT2D eigenvalue weighted by atomic mass is 127. The second-order valence-corrected chi connectivity index (χ2v) is 8.17. The Hall–Kier alpha value is -0.830. The Balaban J connectivity index is 0.00000676. The number of carbonyl (C=O) groups excluding carboxylic acids is 1. The minimum atomic E-state index is -5.28. The summed E-state index contributed by atoms with van der Waals surface area (Å²) in [5.74, 6) is 0.313. The number of halogens is 4. The fourth-order valence-corrected chi connectivity index (χ4v) is 3.45. The summed E-state index contributed by atoms with van der Waals surface area (Å²) in [7, 11) is -3.74. The van der Waals surface area contributed by atoms with Crippen molar-refractivity contribution in [3.8, 4) is 0 Å². The average molecular weight is 529 g/mol. The van der Waals surface area contributed by atoms with Gasteiger partial charge in [0, 0.05) is 45.2 Å². The first-order chi connectivity index (χ1) is 12.0. The van der Waals surface area contributed by atoms with E-state index in [2.05, 4.69) is 20.9 Å². The van der Waals surface area contributed by atoms with E-state index in [0.717, 1.165) is 0 Å². The Labute approximate surface area is 174 Å². The summed E-state index contributed by atoms with van der Waals surface area (Å²) < 4.78 is 60.9. The van der Waals surface area contributed by atoms with Gasteiger partial charge in [-0.3, -0.25) is 9.79 Å². The van der Waals surface area contributed by atoms with Crippen LogP contribution >= 0.6 is 24.0 Å². The van der Waals surface area contributed by atoms with Gasteiger partial charge in [-0.05, 0) is 26.7 Å². The van der Waals surface area contributed by atoms with Crippen LogP contribution in [0.1, 0.15) is 33.1 Å². The molecule has 3 N–H and O–H groups in total. The first-order valence-corrected chi connectivity index (χ1v) is 9.74. The van der Waals surface area contributed by atoms with Crippen molar-refractivity contribution in [2.45, 2.75) is 50.7 Å². The lowest BCUT2D eigenvalue weighted by Crippen LogP contribution is -2.51. The molecular formula is C14H27F3IN5O3S. The van der Waals surface area contributed by atoms with Gasteiger partial charge in [0.05, 0.1) is 0 Å². The highest BCUT2D eigenvalue weighted by Crippen LogP contribution is 2.28. The number of carbonyl (C=O) groups is 1. The van der Waals surface area contributed by atoms with Gasteiger partial charge in [-0.25, -0.2) is 8.42 Å². The van der Waals surface area contributed by atoms with E-state index in [9.17, 15) is 26.4 Å². The topological polar surface area (TPSA) is 103 Å². The molecule has 0 spiro atoms. The lowest BCUT2D eigenvalue weighted by molar-refractivity contribution is -0.121. The van der Waals surface area contributed by atoms with Gasteiger partial charge in [0.15, 0.2) is 5.96 Å². The fraction of sp³-hybridized carbons (Fsp3) is 0.857. The molecule has 1 aliphatic heterocycles. The number of guanidine groups is 1. The summed E-state index contributed by atoms with van der Waals surface area (Å²) in [5, 5.41) is 8.74. The highest BCUT2D eigenvalue weighted by molar-refractivity contribution is 14.0. The van der Waals surface area contributed by atoms with Crippen molar-refractivity contribution in [3.05, 3.63) is 0 Å². The SMILES string of the molecule is CN=C(NCCC(=O)NC(C)C)NC1CCN(S(=O)(=O)C(F)(F)F)CC1.I. The van der Waals surface area contributed by atoms with Gasteiger partial charge in [-0.1, -0.05) is 0 Å². The molecule has 1 aliphatic rings. The van der Waals surface area contributed by atoms with Crippen LogP contribution in [0.15, 0.2) is 4.99 Å². The Kier molecular flexibility index (Phi) is 10.9. The predicted octanol–water partition coefficient (Wildman–Crippen LogP) is 0.998. The molecular weight excluding hydrogens is 502 g/mol. The third kappa shape index (κ3) is 8.37. The zero-order valence-electron chi connectivity index (χ0n) is 15.5. The molecule has 0 aliphatic carbocycles. The molecule has 0 aromatic heterocycles. The number of sulfonamides is 1. The van der Waals surface area contributed by atoms with E-state index >= 15 is 0 Å². The number of aliphatic imine (C=N–C) groups is 1. The Bertz CT molecular complexity index is 606. The van der Waals surface area contributed by atoms with Crippen LogP contribution in [-0.4, -0.2) is 68.9 Å². The van der Waals surface area contributed by atoms with Gasteiger partial charge in [0.25, 0.3) is 0 Å². The maximum Gasteiger partial charge on any atom is 0.511 e. The first-order valence-electron chi connectivity index (χ1n) is 8.30. The lowest BCUT2D eigenvalue weighted by Gasteiger charge is -2.32. The van der Waals surface area contributed by atoms with Crippen molar-refractivity contribution in [3.63, 3.8) is 0 Å². The van der Waals surface area contributed by atoms with Crippen LogP contribution in [0.5, 0.6) is 0 Å². The van der Waals surface area contributed by atoms with E-state index in [-0.39, 0.29) is 74.3 Å². The van der Waals surface area contributed by atoms with Crippen LogP contribution in [0, 0.1) is 0 Å². The quantitative estimate of drug-likeness (QED) is 0.271. The molecule has 0 aromatic rings. The third-order valence-electron chi connectivity index (χ3n) is 3.74. The molecule has 1 saturated heterocycles. The largest absolute Gasteiger partial charge is 0.511 e. The first kappa shape index (κ1) is 26.2. The van der Waals surface area contributed by atoms with Crippen LogP contribution in [-0.2, 0) is 14.8 Å². The number of alkyl halides is 3. The van der Waals surface area contributed by atoms with Crippen LogP contribution in [0.2, 0.25) is 0 Å². The monoisotopic (exact) mass is 529 g/mol. The van der Waals surface area contributed by atoms with Crippen LogP contribution in [0.4, 0.5) is 13.2 Å². The molecule has 1 fully saturated rings. The molecule has 1 amide bonds. The highest BCUT2D eigenvalue weighted by Gasteiger charge is 2.50. The van der Waals surface area contributed by atoms with E-state index in [4.69, 9.17) is 0 Å². The average Bonchev–Trinajstić information content (AvgIpc) is 2.52. The standard InChI is InChI=1S/C14H26F3N5O3S.HI/c1-10(2)20-12(23)4-7-19-13(18-3)21-11-5-8-22(9-6-11)26(24,25)14(15,16)17;/h10-11H,4-9H2,1-3H3,(H,20,23)(H2,18,19,21);1H. The minimum absolute atomic E-state index is 0. The van der Waals surface area contributed by atoms with E-state index in [1.54, 1.807) is 0 Å². The molecule has 0 radical (unpaired) electrons. The zero-order valence-corrected chi connectivity index (χ0v) is 18.6. The molecule has 1 rings (SSSR count). The van der Waals surface area contributed by atoms with Crippen LogP contribution in [0.3, 0.4) is 0 Å². The second-order valence-electron chi connectivity index (χ2n) is 6.24. The molecule has 0 aromatic carbocycles. The van der Waals surface area contributed by atoms with Crippen molar-refractivity contribution in [2.75, 3.05) is 26.7 Å². The van der Waals surface area contributed by atoms with E-state index in [0.29, 0.717) is 16.8 Å². The maximum absolute atomic E-state index is 12.6. The summed E-state index contributed by atoms with van der Waals surface area (Å²) in [6.45, 7) is 3.63. The molecule has 27 heavy (non-hydrogen) atoms. The fourth-order valence-electron chi connectivity index (χ4n) is 2.46. The number of hydrogen-bond acceptors (Lipinski definition) is 4. The molecule has 13 heteroatoms. The maximum atomic E-state index is 12.6. The Morgan fingerprint density at radius 2 is 1.81 bits per heavy atom. The molecule has 0 unspecified atom stereocenters. The summed E-state index contributed by atoms with van der Waals surface area (Å²) in [5.41, 5.74) is -5.28. The lowest BCUT2D eigenvalue weighted by atomic mass is 10.1. The van der Waals surface area contributed by atoms with E-state index in [1.165, 1.54) is 7.05 Å². The van der Waals surface area contributed by atoms with Crippen LogP contribution < -0.4 is 16.0 Å². The summed E-state index contributed by atoms with van der Waals surface area (Å²) in [4.78, 5) is 15.6. The number of rotatable bonds is 6. The van der Waals surface area contributed by atoms with Gasteiger partial charge in [0.2, 0.25) is 5.91 Å². The number of hydrogen-bond donors (Lipinski definition) is 3. The van der Waals surface area contributed by atoms with Crippen molar-refractivity contribution in [1.29, 1.82) is 0 Å². The summed E-state index contributed by atoms with van der Waals surface area (Å²) in [6, 6.07) is -0.150. The third-order valence-corrected chi connectivity index (χ3v) is 5.37. The van der Waals surface area contributed by atoms with Crippen LogP contribution in [0.25, 0.3) is 0 Å². The smallest absolute Gasteiger partial charge is 0.356 e. The number of amides is 1. The molecule has 0 bridgehead atoms. The minimum Gasteiger partial charge on any atom is -0.356 e. The Morgan fingerprint density at radius 3 is 2.26 bits per heavy atom. The predicted molar refractivity (Wildman–Crippen MR) is 107 cm³/mol.